The Morgan fingerprint density at radius 2 is 1.24 bits per heavy atom. The highest BCUT2D eigenvalue weighted by atomic mass is 32.2. The van der Waals surface area contributed by atoms with Crippen LogP contribution in [0.1, 0.15) is 0 Å². The Bertz CT molecular complexity index is 1340. The highest BCUT2D eigenvalue weighted by Crippen LogP contribution is 2.35. The Hall–Kier alpha value is -3.89. The molecule has 5 rings (SSSR count). The molecule has 0 saturated carbocycles. The minimum Gasteiger partial charge on any atom is -0.495 e. The van der Waals surface area contributed by atoms with Gasteiger partial charge in [0, 0.05) is 0 Å². The van der Waals surface area contributed by atoms with Crippen LogP contribution in [-0.2, 0) is 0 Å². The van der Waals surface area contributed by atoms with E-state index in [4.69, 9.17) is 14.5 Å². The van der Waals surface area contributed by atoms with Gasteiger partial charge in [-0.3, -0.25) is 0 Å². The van der Waals surface area contributed by atoms with Gasteiger partial charge in [0.25, 0.3) is 0 Å². The fraction of sp³-hybridized carbons (Fsp3) is 0.0833. The van der Waals surface area contributed by atoms with Gasteiger partial charge in [-0.25, -0.2) is 4.98 Å². The summed E-state index contributed by atoms with van der Waals surface area (Å²) in [5.41, 5.74) is 2.44. The van der Waals surface area contributed by atoms with Gasteiger partial charge in [-0.15, -0.1) is 11.3 Å². The summed E-state index contributed by atoms with van der Waals surface area (Å²) >= 11 is 2.98. The number of nitrogens with zero attached hydrogens (tertiary/aromatic N) is 4. The first-order chi connectivity index (χ1) is 16.7. The summed E-state index contributed by atoms with van der Waals surface area (Å²) in [6.07, 6.45) is 0. The first kappa shape index (κ1) is 21.9. The minimum atomic E-state index is 0.375. The number of ether oxygens (including phenoxy) is 2. The van der Waals surface area contributed by atoms with Crippen molar-refractivity contribution in [2.45, 2.75) is 9.50 Å². The van der Waals surface area contributed by atoms with E-state index in [2.05, 4.69) is 25.6 Å². The standard InChI is InChI=1S/C24H20N6O2S2/c1-31-18-12-6-3-9-15(18)25-21-28-22(26-16-10-4-7-13-19(16)32-2)30-23(29-21)34-24-27-17-11-5-8-14-20(17)33-24/h3-14H,1-2H3,(H2,25,26,28,29,30). The second-order valence-corrected chi connectivity index (χ2v) is 9.21. The minimum absolute atomic E-state index is 0.375. The molecule has 2 heterocycles. The number of nitrogens with one attached hydrogen (secondary N) is 2. The third-order valence-electron chi connectivity index (χ3n) is 4.77. The monoisotopic (exact) mass is 488 g/mol. The molecule has 0 fully saturated rings. The maximum atomic E-state index is 5.45. The molecule has 3 aromatic carbocycles. The molecule has 0 aliphatic heterocycles. The van der Waals surface area contributed by atoms with Gasteiger partial charge >= 0.3 is 0 Å². The number of methoxy groups -OCH3 is 2. The molecule has 0 unspecified atom stereocenters. The molecule has 34 heavy (non-hydrogen) atoms. The van der Waals surface area contributed by atoms with Crippen molar-refractivity contribution in [3.8, 4) is 11.5 Å². The fourth-order valence-corrected chi connectivity index (χ4v) is 5.14. The van der Waals surface area contributed by atoms with Gasteiger partial charge < -0.3 is 20.1 Å². The molecule has 2 N–H and O–H groups in total. The average Bonchev–Trinajstić information content (AvgIpc) is 3.27. The lowest BCUT2D eigenvalue weighted by atomic mass is 10.3. The van der Waals surface area contributed by atoms with Crippen molar-refractivity contribution >= 4 is 56.6 Å². The van der Waals surface area contributed by atoms with Crippen LogP contribution in [0.3, 0.4) is 0 Å². The molecule has 0 atom stereocenters. The van der Waals surface area contributed by atoms with Crippen LogP contribution in [-0.4, -0.2) is 34.2 Å². The van der Waals surface area contributed by atoms with E-state index in [9.17, 15) is 0 Å². The molecular weight excluding hydrogens is 468 g/mol. The zero-order chi connectivity index (χ0) is 23.3. The number of hydrogen-bond acceptors (Lipinski definition) is 10. The summed E-state index contributed by atoms with van der Waals surface area (Å²) in [4.78, 5) is 18.5. The van der Waals surface area contributed by atoms with Gasteiger partial charge in [-0.1, -0.05) is 36.4 Å². The van der Waals surface area contributed by atoms with Gasteiger partial charge in [-0.05, 0) is 48.2 Å². The largest absolute Gasteiger partial charge is 0.495 e. The summed E-state index contributed by atoms with van der Waals surface area (Å²) in [5, 5.41) is 6.99. The topological polar surface area (TPSA) is 94.1 Å². The predicted molar refractivity (Wildman–Crippen MR) is 136 cm³/mol. The molecule has 0 amide bonds. The fourth-order valence-electron chi connectivity index (χ4n) is 3.22. The van der Waals surface area contributed by atoms with Crippen molar-refractivity contribution in [1.29, 1.82) is 0 Å². The molecule has 0 aliphatic rings. The average molecular weight is 489 g/mol. The number of anilines is 4. The van der Waals surface area contributed by atoms with Crippen LogP contribution in [0.4, 0.5) is 23.3 Å². The SMILES string of the molecule is COc1ccccc1Nc1nc(Nc2ccccc2OC)nc(Sc2nc3ccccc3s2)n1. The van der Waals surface area contributed by atoms with Gasteiger partial charge in [0.15, 0.2) is 4.34 Å². The molecule has 0 saturated heterocycles. The Balaban J connectivity index is 1.51. The molecule has 8 nitrogen and oxygen atoms in total. The van der Waals surface area contributed by atoms with Crippen molar-refractivity contribution < 1.29 is 9.47 Å². The van der Waals surface area contributed by atoms with E-state index >= 15 is 0 Å². The summed E-state index contributed by atoms with van der Waals surface area (Å²) in [6.45, 7) is 0. The molecular formula is C24H20N6O2S2. The quantitative estimate of drug-likeness (QED) is 0.267. The van der Waals surface area contributed by atoms with Gasteiger partial charge in [0.05, 0.1) is 35.8 Å². The lowest BCUT2D eigenvalue weighted by Gasteiger charge is -2.13. The summed E-state index contributed by atoms with van der Waals surface area (Å²) in [5.74, 6) is 2.12. The Morgan fingerprint density at radius 1 is 0.676 bits per heavy atom. The predicted octanol–water partition coefficient (Wildman–Crippen LogP) is 6.14. The van der Waals surface area contributed by atoms with Crippen LogP contribution in [0, 0.1) is 0 Å². The van der Waals surface area contributed by atoms with E-state index in [0.717, 1.165) is 25.9 Å². The third-order valence-corrected chi connectivity index (χ3v) is 6.74. The van der Waals surface area contributed by atoms with E-state index in [0.29, 0.717) is 28.6 Å². The summed E-state index contributed by atoms with van der Waals surface area (Å²) in [7, 11) is 3.24. The summed E-state index contributed by atoms with van der Waals surface area (Å²) in [6, 6.07) is 23.2. The maximum Gasteiger partial charge on any atom is 0.233 e. The molecule has 170 valence electrons. The number of fused-ring (bicyclic) bond motifs is 1. The first-order valence-electron chi connectivity index (χ1n) is 10.3. The second-order valence-electron chi connectivity index (χ2n) is 6.97. The number of aromatic nitrogens is 4. The van der Waals surface area contributed by atoms with E-state index in [-0.39, 0.29) is 0 Å². The zero-order valence-electron chi connectivity index (χ0n) is 18.4. The van der Waals surface area contributed by atoms with Crippen molar-refractivity contribution in [2.24, 2.45) is 0 Å². The van der Waals surface area contributed by atoms with Crippen molar-refractivity contribution in [1.82, 2.24) is 19.9 Å². The zero-order valence-corrected chi connectivity index (χ0v) is 20.0. The lowest BCUT2D eigenvalue weighted by Crippen LogP contribution is -2.06. The van der Waals surface area contributed by atoms with E-state index in [1.807, 2.05) is 72.8 Å². The highest BCUT2D eigenvalue weighted by molar-refractivity contribution is 8.01. The maximum absolute atomic E-state index is 5.45. The number of benzene rings is 3. The molecule has 0 bridgehead atoms. The molecule has 0 radical (unpaired) electrons. The van der Waals surface area contributed by atoms with E-state index < -0.39 is 0 Å². The van der Waals surface area contributed by atoms with Crippen LogP contribution in [0.15, 0.2) is 82.3 Å². The highest BCUT2D eigenvalue weighted by Gasteiger charge is 2.14. The Kier molecular flexibility index (Phi) is 6.41. The van der Waals surface area contributed by atoms with E-state index in [1.165, 1.54) is 11.8 Å². The van der Waals surface area contributed by atoms with Crippen LogP contribution in [0.2, 0.25) is 0 Å². The Morgan fingerprint density at radius 3 is 1.82 bits per heavy atom. The molecule has 10 heteroatoms. The van der Waals surface area contributed by atoms with Gasteiger partial charge in [0.1, 0.15) is 11.5 Å². The lowest BCUT2D eigenvalue weighted by molar-refractivity contribution is 0.417. The first-order valence-corrected chi connectivity index (χ1v) is 11.9. The van der Waals surface area contributed by atoms with Crippen LogP contribution in [0.5, 0.6) is 11.5 Å². The number of rotatable bonds is 8. The van der Waals surface area contributed by atoms with Crippen molar-refractivity contribution in [3.05, 3.63) is 72.8 Å². The number of thiazole rings is 1. The Labute approximate surface area is 204 Å². The van der Waals surface area contributed by atoms with Gasteiger partial charge in [0.2, 0.25) is 17.1 Å². The number of para-hydroxylation sites is 5. The van der Waals surface area contributed by atoms with Crippen molar-refractivity contribution in [3.63, 3.8) is 0 Å². The van der Waals surface area contributed by atoms with Crippen molar-refractivity contribution in [2.75, 3.05) is 24.9 Å². The van der Waals surface area contributed by atoms with Crippen LogP contribution < -0.4 is 20.1 Å². The molecule has 0 spiro atoms. The van der Waals surface area contributed by atoms with E-state index in [1.54, 1.807) is 25.6 Å². The van der Waals surface area contributed by atoms with Gasteiger partial charge in [-0.2, -0.15) is 15.0 Å². The molecule has 0 aliphatic carbocycles. The normalized spacial score (nSPS) is 10.8. The van der Waals surface area contributed by atoms with Crippen LogP contribution in [0.25, 0.3) is 10.2 Å². The summed E-state index contributed by atoms with van der Waals surface area (Å²) < 4.78 is 12.9. The molecule has 5 aromatic rings. The molecule has 2 aromatic heterocycles. The second kappa shape index (κ2) is 9.94. The van der Waals surface area contributed by atoms with Crippen LogP contribution >= 0.6 is 23.1 Å². The third kappa shape index (κ3) is 4.87. The number of hydrogen-bond donors (Lipinski definition) is 2. The smallest absolute Gasteiger partial charge is 0.233 e.